The number of halogens is 6. The zero-order valence-corrected chi connectivity index (χ0v) is 20.4. The summed E-state index contributed by atoms with van der Waals surface area (Å²) < 4.78 is 86.9. The number of aryl methyl sites for hydroxylation is 1. The van der Waals surface area contributed by atoms with Crippen molar-refractivity contribution in [3.8, 4) is 11.3 Å². The van der Waals surface area contributed by atoms with E-state index >= 15 is 0 Å². The van der Waals surface area contributed by atoms with E-state index in [1.54, 1.807) is 0 Å². The molecule has 4 rings (SSSR count). The van der Waals surface area contributed by atoms with Crippen LogP contribution in [0.3, 0.4) is 0 Å². The number of alkyl halides is 5. The number of carbonyl (C=O) groups is 1. The molecule has 0 radical (unpaired) electrons. The van der Waals surface area contributed by atoms with E-state index in [-0.39, 0.29) is 22.1 Å². The molecule has 3 aromatic heterocycles. The van der Waals surface area contributed by atoms with Crippen LogP contribution in [0.4, 0.5) is 32.3 Å². The summed E-state index contributed by atoms with van der Waals surface area (Å²) in [4.78, 5) is 24.7. The van der Waals surface area contributed by atoms with Crippen LogP contribution in [0, 0.1) is 12.7 Å². The lowest BCUT2D eigenvalue weighted by Crippen LogP contribution is -2.74. The van der Waals surface area contributed by atoms with Crippen LogP contribution in [0.15, 0.2) is 30.7 Å². The highest BCUT2D eigenvalue weighted by atomic mass is 19.4. The zero-order chi connectivity index (χ0) is 28.9. The first-order valence-electron chi connectivity index (χ1n) is 11.2. The lowest BCUT2D eigenvalue weighted by molar-refractivity contribution is -0.473. The number of nitrogens with one attached hydrogen (secondary N) is 1. The number of nitrogens with zero attached hydrogens (tertiary/aromatic N) is 6. The maximum absolute atomic E-state index is 14.7. The highest BCUT2D eigenvalue weighted by Crippen LogP contribution is 2.41. The lowest BCUT2D eigenvalue weighted by atomic mass is 10.0. The van der Waals surface area contributed by atoms with Gasteiger partial charge in [0.1, 0.15) is 5.82 Å². The number of aromatic nitrogens is 5. The third kappa shape index (κ3) is 5.11. The number of hydrogen-bond acceptors (Lipinski definition) is 9. The van der Waals surface area contributed by atoms with E-state index in [1.165, 1.54) is 24.7 Å². The minimum Gasteiger partial charge on any atom is -0.352 e. The smallest absolute Gasteiger partial charge is 0.352 e. The molecule has 17 heteroatoms. The van der Waals surface area contributed by atoms with Gasteiger partial charge in [-0.05, 0) is 26.0 Å². The van der Waals surface area contributed by atoms with Crippen molar-refractivity contribution in [3.05, 3.63) is 53.5 Å². The minimum atomic E-state index is -4.70. The summed E-state index contributed by atoms with van der Waals surface area (Å²) in [6.07, 6.45) is -9.09. The number of carbonyl (C=O) groups excluding carboxylic acids is 1. The number of hydrogen-bond donors (Lipinski definition) is 3. The van der Waals surface area contributed by atoms with Crippen LogP contribution >= 0.6 is 0 Å². The van der Waals surface area contributed by atoms with Crippen LogP contribution in [0.25, 0.3) is 11.3 Å². The zero-order valence-electron chi connectivity index (χ0n) is 20.4. The van der Waals surface area contributed by atoms with Gasteiger partial charge in [0.05, 0.1) is 35.2 Å². The molecule has 0 saturated carbocycles. The minimum absolute atomic E-state index is 0.0125. The third-order valence-corrected chi connectivity index (χ3v) is 6.12. The molecule has 1 aliphatic heterocycles. The topological polar surface area (TPSA) is 139 Å². The van der Waals surface area contributed by atoms with Crippen molar-refractivity contribution in [1.29, 1.82) is 0 Å². The molecule has 0 aromatic carbocycles. The summed E-state index contributed by atoms with van der Waals surface area (Å²) in [6.45, 7) is 2.08. The summed E-state index contributed by atoms with van der Waals surface area (Å²) in [7, 11) is 1.43. The lowest BCUT2D eigenvalue weighted by Gasteiger charge is -2.50. The fourth-order valence-corrected chi connectivity index (χ4v) is 3.99. The number of rotatable bonds is 5. The Morgan fingerprint density at radius 2 is 1.79 bits per heavy atom. The molecule has 2 atom stereocenters. The largest absolute Gasteiger partial charge is 0.431 e. The predicted molar refractivity (Wildman–Crippen MR) is 119 cm³/mol. The van der Waals surface area contributed by atoms with Crippen molar-refractivity contribution in [2.75, 3.05) is 11.9 Å². The van der Waals surface area contributed by atoms with Gasteiger partial charge in [0.2, 0.25) is 5.95 Å². The van der Waals surface area contributed by atoms with Crippen LogP contribution < -0.4 is 5.32 Å². The van der Waals surface area contributed by atoms with E-state index in [4.69, 9.17) is 0 Å². The molecule has 1 amide bonds. The first-order valence-corrected chi connectivity index (χ1v) is 11.2. The van der Waals surface area contributed by atoms with E-state index in [2.05, 4.69) is 30.1 Å². The molecule has 0 spiro atoms. The maximum Gasteiger partial charge on any atom is 0.431 e. The highest BCUT2D eigenvalue weighted by molar-refractivity contribution is 5.99. The van der Waals surface area contributed by atoms with Gasteiger partial charge in [-0.2, -0.15) is 27.1 Å². The Hall–Kier alpha value is -3.83. The molecule has 0 aliphatic carbocycles. The van der Waals surface area contributed by atoms with Gasteiger partial charge >= 0.3 is 18.2 Å². The highest BCUT2D eigenvalue weighted by Gasteiger charge is 2.66. The normalized spacial score (nSPS) is 20.6. The summed E-state index contributed by atoms with van der Waals surface area (Å²) in [5.74, 6) is -6.62. The second-order valence-electron chi connectivity index (χ2n) is 8.69. The Morgan fingerprint density at radius 3 is 2.36 bits per heavy atom. The number of aliphatic hydroxyl groups is 2. The Morgan fingerprint density at radius 1 is 1.15 bits per heavy atom. The molecule has 2 unspecified atom stereocenters. The molecule has 210 valence electrons. The first kappa shape index (κ1) is 28.2. The van der Waals surface area contributed by atoms with Crippen molar-refractivity contribution in [1.82, 2.24) is 29.6 Å². The van der Waals surface area contributed by atoms with Gasteiger partial charge in [0, 0.05) is 31.7 Å². The van der Waals surface area contributed by atoms with Crippen molar-refractivity contribution < 1.29 is 46.1 Å². The predicted octanol–water partition coefficient (Wildman–Crippen LogP) is 2.31. The number of morpholine rings is 1. The SMILES string of the molecule is Cc1c(-c2ccc(F)cn2)c(C(=O)N2C(CNc3ncc(C(F)(F)F)cn3)C(C)OC(F)(F)C2(O)O)nn1C. The van der Waals surface area contributed by atoms with Crippen LogP contribution in [-0.4, -0.2) is 76.5 Å². The van der Waals surface area contributed by atoms with Crippen molar-refractivity contribution in [3.63, 3.8) is 0 Å². The number of amides is 1. The van der Waals surface area contributed by atoms with Crippen LogP contribution in [0.1, 0.15) is 28.7 Å². The average molecular weight is 561 g/mol. The quantitative estimate of drug-likeness (QED) is 0.317. The number of pyridine rings is 1. The Bertz CT molecular complexity index is 1360. The standard InChI is InChI=1S/C22H21F6N7O4/c1-10-16(14-5-4-13(23)8-29-14)17(33-34(10)3)18(36)35-15(11(2)39-21(27,28)22(35,37)38)9-32-19-30-6-12(7-31-19)20(24,25)26/h4-8,11,15,37-38H,9H2,1-3H3,(H,30,31,32). The van der Waals surface area contributed by atoms with E-state index in [0.29, 0.717) is 18.1 Å². The molecule has 1 fully saturated rings. The van der Waals surface area contributed by atoms with Crippen molar-refractivity contribution >= 4 is 11.9 Å². The second kappa shape index (κ2) is 9.73. The van der Waals surface area contributed by atoms with Crippen molar-refractivity contribution in [2.45, 2.75) is 44.2 Å². The molecule has 3 aromatic rings. The molecule has 1 saturated heterocycles. The Labute approximate surface area is 216 Å². The van der Waals surface area contributed by atoms with Crippen LogP contribution in [0.5, 0.6) is 0 Å². The Kier molecular flexibility index (Phi) is 7.03. The monoisotopic (exact) mass is 561 g/mol. The van der Waals surface area contributed by atoms with Crippen LogP contribution in [-0.2, 0) is 18.0 Å². The fourth-order valence-electron chi connectivity index (χ4n) is 3.99. The van der Waals surface area contributed by atoms with Gasteiger partial charge in [0.15, 0.2) is 5.69 Å². The third-order valence-electron chi connectivity index (χ3n) is 6.12. The number of anilines is 1. The molecular weight excluding hydrogens is 540 g/mol. The van der Waals surface area contributed by atoms with E-state index in [1.807, 2.05) is 0 Å². The Balaban J connectivity index is 1.73. The molecule has 11 nitrogen and oxygen atoms in total. The molecule has 1 aliphatic rings. The van der Waals surface area contributed by atoms with Crippen molar-refractivity contribution in [2.24, 2.45) is 7.05 Å². The molecular formula is C22H21F6N7O4. The maximum atomic E-state index is 14.7. The number of ether oxygens (including phenoxy) is 1. The summed E-state index contributed by atoms with van der Waals surface area (Å²) in [6, 6.07) is 0.709. The van der Waals surface area contributed by atoms with E-state index in [9.17, 15) is 41.4 Å². The fraction of sp³-hybridized carbons (Fsp3) is 0.409. The second-order valence-corrected chi connectivity index (χ2v) is 8.69. The molecule has 39 heavy (non-hydrogen) atoms. The molecule has 0 bridgehead atoms. The first-order chi connectivity index (χ1) is 18.0. The summed E-state index contributed by atoms with van der Waals surface area (Å²) in [5, 5.41) is 27.5. The summed E-state index contributed by atoms with van der Waals surface area (Å²) in [5.41, 5.74) is -1.27. The molecule has 4 heterocycles. The van der Waals surface area contributed by atoms with Gasteiger partial charge in [-0.25, -0.2) is 14.4 Å². The van der Waals surface area contributed by atoms with Gasteiger partial charge < -0.3 is 20.3 Å². The van der Waals surface area contributed by atoms with Crippen LogP contribution in [0.2, 0.25) is 0 Å². The van der Waals surface area contributed by atoms with E-state index < -0.39 is 59.9 Å². The van der Waals surface area contributed by atoms with Gasteiger partial charge in [-0.1, -0.05) is 0 Å². The van der Waals surface area contributed by atoms with E-state index in [0.717, 1.165) is 19.2 Å². The van der Waals surface area contributed by atoms with Gasteiger partial charge in [-0.15, -0.1) is 0 Å². The average Bonchev–Trinajstić information content (AvgIpc) is 3.14. The van der Waals surface area contributed by atoms with Gasteiger partial charge in [0.25, 0.3) is 5.91 Å². The molecule has 3 N–H and O–H groups in total. The summed E-state index contributed by atoms with van der Waals surface area (Å²) >= 11 is 0. The van der Waals surface area contributed by atoms with Gasteiger partial charge in [-0.3, -0.25) is 19.4 Å².